The van der Waals surface area contributed by atoms with Crippen molar-refractivity contribution in [1.29, 1.82) is 0 Å². The molecule has 0 spiro atoms. The fraction of sp³-hybridized carbons (Fsp3) is 0.250. The number of nitrogens with zero attached hydrogens (tertiary/aromatic N) is 1. The summed E-state index contributed by atoms with van der Waals surface area (Å²) in [5.41, 5.74) is 1.04. The standard InChI is InChI=1S/C8H11NO2/c1-9(10)11-7-8-5-3-2-4-6-8/h2-6,10H,7H2,1H3. The zero-order valence-electron chi connectivity index (χ0n) is 6.40. The molecule has 0 aliphatic carbocycles. The van der Waals surface area contributed by atoms with E-state index >= 15 is 0 Å². The molecule has 3 nitrogen and oxygen atoms in total. The van der Waals surface area contributed by atoms with E-state index < -0.39 is 0 Å². The van der Waals surface area contributed by atoms with Gasteiger partial charge >= 0.3 is 0 Å². The Balaban J connectivity index is 2.39. The lowest BCUT2D eigenvalue weighted by atomic mass is 10.2. The summed E-state index contributed by atoms with van der Waals surface area (Å²) in [5, 5.41) is 9.33. The lowest BCUT2D eigenvalue weighted by Gasteiger charge is -2.07. The van der Waals surface area contributed by atoms with Gasteiger partial charge in [-0.15, -0.1) is 0 Å². The van der Waals surface area contributed by atoms with Crippen LogP contribution >= 0.6 is 0 Å². The molecule has 0 amide bonds. The van der Waals surface area contributed by atoms with Gasteiger partial charge < -0.3 is 0 Å². The van der Waals surface area contributed by atoms with Gasteiger partial charge in [0, 0.05) is 7.05 Å². The summed E-state index contributed by atoms with van der Waals surface area (Å²) >= 11 is 0. The molecule has 0 unspecified atom stereocenters. The van der Waals surface area contributed by atoms with Gasteiger partial charge in [0.2, 0.25) is 0 Å². The van der Waals surface area contributed by atoms with E-state index in [9.17, 15) is 0 Å². The van der Waals surface area contributed by atoms with Gasteiger partial charge in [0.25, 0.3) is 0 Å². The SMILES string of the molecule is CN(O)OCc1ccccc1. The number of hydroxylamine groups is 2. The summed E-state index contributed by atoms with van der Waals surface area (Å²) in [6.45, 7) is 0.397. The molecule has 1 N–H and O–H groups in total. The van der Waals surface area contributed by atoms with Crippen molar-refractivity contribution < 1.29 is 10.0 Å². The molecule has 1 aromatic rings. The van der Waals surface area contributed by atoms with Gasteiger partial charge in [-0.05, 0) is 5.56 Å². The van der Waals surface area contributed by atoms with Crippen LogP contribution in [-0.4, -0.2) is 17.5 Å². The Labute approximate surface area is 65.7 Å². The van der Waals surface area contributed by atoms with E-state index in [1.165, 1.54) is 7.05 Å². The number of rotatable bonds is 3. The highest BCUT2D eigenvalue weighted by Gasteiger charge is 1.92. The third kappa shape index (κ3) is 3.13. The van der Waals surface area contributed by atoms with E-state index in [-0.39, 0.29) is 0 Å². The van der Waals surface area contributed by atoms with Gasteiger partial charge in [0.05, 0.1) is 6.61 Å². The molecule has 0 saturated carbocycles. The summed E-state index contributed by atoms with van der Waals surface area (Å²) in [6.07, 6.45) is 0. The van der Waals surface area contributed by atoms with E-state index in [1.807, 2.05) is 30.3 Å². The van der Waals surface area contributed by atoms with Crippen LogP contribution < -0.4 is 0 Å². The Kier molecular flexibility index (Phi) is 3.04. The average Bonchev–Trinajstić information content (AvgIpc) is 2.03. The van der Waals surface area contributed by atoms with Gasteiger partial charge in [-0.1, -0.05) is 35.6 Å². The zero-order chi connectivity index (χ0) is 8.10. The van der Waals surface area contributed by atoms with E-state index in [4.69, 9.17) is 10.0 Å². The first-order chi connectivity index (χ1) is 5.29. The third-order valence-electron chi connectivity index (χ3n) is 1.26. The molecule has 0 aromatic heterocycles. The minimum Gasteiger partial charge on any atom is -0.290 e. The van der Waals surface area contributed by atoms with E-state index in [2.05, 4.69) is 0 Å². The molecule has 1 aromatic carbocycles. The average molecular weight is 153 g/mol. The summed E-state index contributed by atoms with van der Waals surface area (Å²) in [5.74, 6) is 0. The lowest BCUT2D eigenvalue weighted by Crippen LogP contribution is -2.12. The van der Waals surface area contributed by atoms with Crippen LogP contribution in [0.1, 0.15) is 5.56 Å². The smallest absolute Gasteiger partial charge is 0.0962 e. The first-order valence-electron chi connectivity index (χ1n) is 3.38. The summed E-state index contributed by atoms with van der Waals surface area (Å²) in [6, 6.07) is 9.66. The molecule has 11 heavy (non-hydrogen) atoms. The molecule has 0 saturated heterocycles. The zero-order valence-corrected chi connectivity index (χ0v) is 6.40. The predicted octanol–water partition coefficient (Wildman–Crippen LogP) is 1.44. The van der Waals surface area contributed by atoms with Crippen LogP contribution in [0.2, 0.25) is 0 Å². The molecule has 0 aliphatic rings. The molecule has 0 heterocycles. The van der Waals surface area contributed by atoms with Crippen molar-refractivity contribution in [3.8, 4) is 0 Å². The van der Waals surface area contributed by atoms with Crippen molar-refractivity contribution in [3.63, 3.8) is 0 Å². The fourth-order valence-electron chi connectivity index (χ4n) is 0.742. The second kappa shape index (κ2) is 4.08. The highest BCUT2D eigenvalue weighted by atomic mass is 16.9. The fourth-order valence-corrected chi connectivity index (χ4v) is 0.742. The maximum Gasteiger partial charge on any atom is 0.0962 e. The predicted molar refractivity (Wildman–Crippen MR) is 40.8 cm³/mol. The molecule has 1 rings (SSSR count). The molecular weight excluding hydrogens is 142 g/mol. The maximum atomic E-state index is 8.62. The highest BCUT2D eigenvalue weighted by molar-refractivity contribution is 5.13. The van der Waals surface area contributed by atoms with Crippen molar-refractivity contribution in [3.05, 3.63) is 35.9 Å². The van der Waals surface area contributed by atoms with Crippen LogP contribution in [0.25, 0.3) is 0 Å². The second-order valence-corrected chi connectivity index (χ2v) is 2.22. The number of benzene rings is 1. The Bertz CT molecular complexity index is 199. The Morgan fingerprint density at radius 3 is 2.55 bits per heavy atom. The molecule has 0 atom stereocenters. The number of hydrogen-bond acceptors (Lipinski definition) is 3. The van der Waals surface area contributed by atoms with Crippen LogP contribution in [0.15, 0.2) is 30.3 Å². The van der Waals surface area contributed by atoms with Crippen molar-refractivity contribution in [2.75, 3.05) is 7.05 Å². The monoisotopic (exact) mass is 153 g/mol. The van der Waals surface area contributed by atoms with Crippen molar-refractivity contribution in [2.24, 2.45) is 0 Å². The summed E-state index contributed by atoms with van der Waals surface area (Å²) in [4.78, 5) is 4.82. The van der Waals surface area contributed by atoms with Gasteiger partial charge in [0.1, 0.15) is 0 Å². The topological polar surface area (TPSA) is 32.7 Å². The Hall–Kier alpha value is -0.900. The minimum absolute atomic E-state index is 0.397. The molecule has 3 heteroatoms. The van der Waals surface area contributed by atoms with Crippen LogP contribution in [0.5, 0.6) is 0 Å². The Morgan fingerprint density at radius 2 is 2.00 bits per heavy atom. The summed E-state index contributed by atoms with van der Waals surface area (Å²) < 4.78 is 0. The first-order valence-corrected chi connectivity index (χ1v) is 3.38. The summed E-state index contributed by atoms with van der Waals surface area (Å²) in [7, 11) is 1.43. The minimum atomic E-state index is 0.397. The molecule has 0 aliphatic heterocycles. The highest BCUT2D eigenvalue weighted by Crippen LogP contribution is 2.00. The van der Waals surface area contributed by atoms with Crippen LogP contribution in [-0.2, 0) is 11.4 Å². The maximum absolute atomic E-state index is 8.62. The van der Waals surface area contributed by atoms with Crippen molar-refractivity contribution in [2.45, 2.75) is 6.61 Å². The largest absolute Gasteiger partial charge is 0.290 e. The molecule has 0 fully saturated rings. The first kappa shape index (κ1) is 8.20. The van der Waals surface area contributed by atoms with Gasteiger partial charge in [0.15, 0.2) is 0 Å². The Morgan fingerprint density at radius 1 is 1.36 bits per heavy atom. The molecule has 0 radical (unpaired) electrons. The molecule has 0 bridgehead atoms. The van der Waals surface area contributed by atoms with E-state index in [0.717, 1.165) is 5.56 Å². The molecular formula is C8H11NO2. The van der Waals surface area contributed by atoms with E-state index in [1.54, 1.807) is 0 Å². The van der Waals surface area contributed by atoms with Crippen LogP contribution in [0.4, 0.5) is 0 Å². The molecule has 60 valence electrons. The number of hydrogen-bond donors (Lipinski definition) is 1. The van der Waals surface area contributed by atoms with Crippen LogP contribution in [0, 0.1) is 0 Å². The quantitative estimate of drug-likeness (QED) is 0.667. The van der Waals surface area contributed by atoms with E-state index in [0.29, 0.717) is 11.8 Å². The van der Waals surface area contributed by atoms with Crippen LogP contribution in [0.3, 0.4) is 0 Å². The lowest BCUT2D eigenvalue weighted by molar-refractivity contribution is -0.330. The van der Waals surface area contributed by atoms with Gasteiger partial charge in [-0.25, -0.2) is 0 Å². The second-order valence-electron chi connectivity index (χ2n) is 2.22. The van der Waals surface area contributed by atoms with Gasteiger partial charge in [-0.2, -0.15) is 0 Å². The van der Waals surface area contributed by atoms with Gasteiger partial charge in [-0.3, -0.25) is 10.0 Å². The normalized spacial score (nSPS) is 10.5. The van der Waals surface area contributed by atoms with Crippen molar-refractivity contribution in [1.82, 2.24) is 5.23 Å². The van der Waals surface area contributed by atoms with Crippen molar-refractivity contribution >= 4 is 0 Å². The third-order valence-corrected chi connectivity index (χ3v) is 1.26.